The van der Waals surface area contributed by atoms with Crippen molar-refractivity contribution in [3.63, 3.8) is 0 Å². The molecule has 0 aliphatic rings. The van der Waals surface area contributed by atoms with Gasteiger partial charge in [0.1, 0.15) is 0 Å². The first-order chi connectivity index (χ1) is 10.7. The molecule has 0 aliphatic carbocycles. The number of nitrogens with one attached hydrogen (secondary N) is 1. The molecule has 2 aromatic carbocycles. The van der Waals surface area contributed by atoms with Crippen molar-refractivity contribution in [3.05, 3.63) is 81.5 Å². The summed E-state index contributed by atoms with van der Waals surface area (Å²) in [7, 11) is 1.63. The number of hydrogen-bond acceptors (Lipinski definition) is 4. The monoisotopic (exact) mass is 290 g/mol. The normalized spacial score (nSPS) is 10.2. The zero-order chi connectivity index (χ0) is 15.9. The molecule has 0 fully saturated rings. The van der Waals surface area contributed by atoms with E-state index in [4.69, 9.17) is 5.26 Å². The van der Waals surface area contributed by atoms with Gasteiger partial charge in [0.25, 0.3) is 0 Å². The van der Waals surface area contributed by atoms with E-state index in [2.05, 4.69) is 5.32 Å². The highest BCUT2D eigenvalue weighted by molar-refractivity contribution is 6.07. The quantitative estimate of drug-likeness (QED) is 0.694. The SMILES string of the molecule is CNc1ccccc(C(=O)/C=C\c2cccc(C#N)c2)c1=O. The number of nitriles is 1. The first kappa shape index (κ1) is 15.2. The molecule has 0 heterocycles. The van der Waals surface area contributed by atoms with Crippen molar-refractivity contribution >= 4 is 17.5 Å². The third kappa shape index (κ3) is 3.47. The molecule has 0 bridgehead atoms. The highest BCUT2D eigenvalue weighted by Crippen LogP contribution is 2.08. The molecule has 0 atom stereocenters. The van der Waals surface area contributed by atoms with Gasteiger partial charge in [0.15, 0.2) is 5.78 Å². The number of allylic oxidation sites excluding steroid dienone is 1. The summed E-state index contributed by atoms with van der Waals surface area (Å²) < 4.78 is 0. The molecule has 0 saturated carbocycles. The van der Waals surface area contributed by atoms with Crippen molar-refractivity contribution in [1.29, 1.82) is 5.26 Å². The number of ketones is 1. The number of hydrogen-bond donors (Lipinski definition) is 1. The van der Waals surface area contributed by atoms with Gasteiger partial charge in [-0.05, 0) is 35.9 Å². The van der Waals surface area contributed by atoms with Crippen LogP contribution in [0.4, 0.5) is 5.69 Å². The van der Waals surface area contributed by atoms with E-state index in [9.17, 15) is 9.59 Å². The second kappa shape index (κ2) is 7.00. The molecule has 0 radical (unpaired) electrons. The second-order valence-corrected chi connectivity index (χ2v) is 4.56. The van der Waals surface area contributed by atoms with Crippen molar-refractivity contribution in [1.82, 2.24) is 0 Å². The minimum atomic E-state index is -0.375. The first-order valence-corrected chi connectivity index (χ1v) is 6.69. The van der Waals surface area contributed by atoms with Crippen LogP contribution in [0.25, 0.3) is 6.08 Å². The van der Waals surface area contributed by atoms with Crippen LogP contribution in [0.3, 0.4) is 0 Å². The number of anilines is 1. The average Bonchev–Trinajstić information content (AvgIpc) is 2.74. The van der Waals surface area contributed by atoms with Crippen LogP contribution in [0.2, 0.25) is 0 Å². The number of carbonyl (C=O) groups is 1. The fourth-order valence-corrected chi connectivity index (χ4v) is 1.96. The van der Waals surface area contributed by atoms with Crippen molar-refractivity contribution in [2.24, 2.45) is 0 Å². The Balaban J connectivity index is 2.34. The molecule has 1 N–H and O–H groups in total. The molecule has 0 saturated heterocycles. The lowest BCUT2D eigenvalue weighted by molar-refractivity contribution is 0.104. The topological polar surface area (TPSA) is 70.0 Å². The highest BCUT2D eigenvalue weighted by Gasteiger charge is 2.08. The van der Waals surface area contributed by atoms with Crippen LogP contribution < -0.4 is 10.7 Å². The Morgan fingerprint density at radius 1 is 1.18 bits per heavy atom. The van der Waals surface area contributed by atoms with Crippen molar-refractivity contribution < 1.29 is 4.79 Å². The fraction of sp³-hybridized carbons (Fsp3) is 0.0556. The number of rotatable bonds is 4. The van der Waals surface area contributed by atoms with Gasteiger partial charge in [-0.1, -0.05) is 30.3 Å². The molecule has 2 rings (SSSR count). The van der Waals surface area contributed by atoms with Crippen LogP contribution in [-0.2, 0) is 0 Å². The molecule has 0 aromatic heterocycles. The predicted octanol–water partition coefficient (Wildman–Crippen LogP) is 2.86. The summed E-state index contributed by atoms with van der Waals surface area (Å²) in [6.07, 6.45) is 2.93. The summed E-state index contributed by atoms with van der Waals surface area (Å²) in [5.74, 6) is -0.375. The van der Waals surface area contributed by atoms with E-state index in [0.29, 0.717) is 11.3 Å². The van der Waals surface area contributed by atoms with Gasteiger partial charge in [-0.15, -0.1) is 0 Å². The van der Waals surface area contributed by atoms with E-state index in [1.807, 2.05) is 6.07 Å². The third-order valence-electron chi connectivity index (χ3n) is 3.10. The zero-order valence-electron chi connectivity index (χ0n) is 12.0. The van der Waals surface area contributed by atoms with Gasteiger partial charge < -0.3 is 5.32 Å². The van der Waals surface area contributed by atoms with Gasteiger partial charge >= 0.3 is 0 Å². The van der Waals surface area contributed by atoms with Gasteiger partial charge in [0.05, 0.1) is 22.9 Å². The van der Waals surface area contributed by atoms with Crippen LogP contribution in [0, 0.1) is 11.3 Å². The molecule has 22 heavy (non-hydrogen) atoms. The summed E-state index contributed by atoms with van der Waals surface area (Å²) in [6.45, 7) is 0. The highest BCUT2D eigenvalue weighted by atomic mass is 16.1. The molecule has 2 aromatic rings. The molecule has 108 valence electrons. The Morgan fingerprint density at radius 3 is 2.68 bits per heavy atom. The minimum absolute atomic E-state index is 0.0991. The maximum atomic E-state index is 12.2. The molecule has 0 spiro atoms. The minimum Gasteiger partial charge on any atom is -0.385 e. The van der Waals surface area contributed by atoms with Crippen molar-refractivity contribution in [3.8, 4) is 6.07 Å². The summed E-state index contributed by atoms with van der Waals surface area (Å²) in [5.41, 5.74) is 1.37. The molecule has 0 aliphatic heterocycles. The molecule has 4 heteroatoms. The van der Waals surface area contributed by atoms with E-state index in [1.165, 1.54) is 12.1 Å². The Labute approximate surface area is 128 Å². The predicted molar refractivity (Wildman–Crippen MR) is 86.8 cm³/mol. The summed E-state index contributed by atoms with van der Waals surface area (Å²) in [6, 6.07) is 15.4. The number of benzene rings is 1. The molecular weight excluding hydrogens is 276 g/mol. The lowest BCUT2D eigenvalue weighted by Gasteiger charge is -1.96. The lowest BCUT2D eigenvalue weighted by atomic mass is 10.1. The fourth-order valence-electron chi connectivity index (χ4n) is 1.96. The van der Waals surface area contributed by atoms with Crippen molar-refractivity contribution in [2.75, 3.05) is 12.4 Å². The van der Waals surface area contributed by atoms with Crippen LogP contribution in [0.15, 0.2) is 59.4 Å². The van der Waals surface area contributed by atoms with E-state index in [0.717, 1.165) is 5.56 Å². The van der Waals surface area contributed by atoms with Crippen LogP contribution in [0.5, 0.6) is 0 Å². The van der Waals surface area contributed by atoms with E-state index in [-0.39, 0.29) is 16.8 Å². The second-order valence-electron chi connectivity index (χ2n) is 4.56. The summed E-state index contributed by atoms with van der Waals surface area (Å²) in [4.78, 5) is 24.4. The molecule has 0 unspecified atom stereocenters. The molecule has 0 amide bonds. The van der Waals surface area contributed by atoms with Crippen LogP contribution >= 0.6 is 0 Å². The zero-order valence-corrected chi connectivity index (χ0v) is 12.0. The Morgan fingerprint density at radius 2 is 1.95 bits per heavy atom. The Kier molecular flexibility index (Phi) is 4.84. The lowest BCUT2D eigenvalue weighted by Crippen LogP contribution is -2.14. The molecular formula is C18H14N2O2. The Bertz CT molecular complexity index is 833. The summed E-state index contributed by atoms with van der Waals surface area (Å²) >= 11 is 0. The largest absolute Gasteiger partial charge is 0.385 e. The van der Waals surface area contributed by atoms with E-state index >= 15 is 0 Å². The van der Waals surface area contributed by atoms with Gasteiger partial charge in [0, 0.05) is 7.05 Å². The number of nitrogens with zero attached hydrogens (tertiary/aromatic N) is 1. The molecule has 4 nitrogen and oxygen atoms in total. The van der Waals surface area contributed by atoms with E-state index in [1.54, 1.807) is 55.6 Å². The average molecular weight is 290 g/mol. The first-order valence-electron chi connectivity index (χ1n) is 6.69. The van der Waals surface area contributed by atoms with Gasteiger partial charge in [-0.25, -0.2) is 0 Å². The Hall–Kier alpha value is -3.19. The van der Waals surface area contributed by atoms with E-state index < -0.39 is 0 Å². The van der Waals surface area contributed by atoms with Gasteiger partial charge in [-0.2, -0.15) is 5.26 Å². The maximum absolute atomic E-state index is 12.2. The third-order valence-corrected chi connectivity index (χ3v) is 3.10. The summed E-state index contributed by atoms with van der Waals surface area (Å²) in [5, 5.41) is 11.6. The van der Waals surface area contributed by atoms with Gasteiger partial charge in [-0.3, -0.25) is 9.59 Å². The number of carbonyl (C=O) groups excluding carboxylic acids is 1. The van der Waals surface area contributed by atoms with Gasteiger partial charge in [0.2, 0.25) is 5.43 Å². The maximum Gasteiger partial charge on any atom is 0.212 e. The van der Waals surface area contributed by atoms with Crippen molar-refractivity contribution in [2.45, 2.75) is 0 Å². The standard InChI is InChI=1S/C18H14N2O2/c1-20-16-8-3-2-7-15(18(16)22)17(21)10-9-13-5-4-6-14(11-13)12-19/h2-11H,1H3,(H,20,22)/b10-9-. The van der Waals surface area contributed by atoms with Crippen LogP contribution in [0.1, 0.15) is 21.5 Å². The van der Waals surface area contributed by atoms with Crippen LogP contribution in [-0.4, -0.2) is 12.8 Å². The smallest absolute Gasteiger partial charge is 0.212 e.